The van der Waals surface area contributed by atoms with Crippen LogP contribution in [0.3, 0.4) is 0 Å². The van der Waals surface area contributed by atoms with Crippen LogP contribution in [0.15, 0.2) is 41.9 Å². The van der Waals surface area contributed by atoms with Crippen molar-refractivity contribution in [3.63, 3.8) is 0 Å². The Kier molecular flexibility index (Phi) is 12.6. The molecule has 0 saturated carbocycles. The van der Waals surface area contributed by atoms with Gasteiger partial charge < -0.3 is 34.3 Å². The van der Waals surface area contributed by atoms with E-state index in [1.54, 1.807) is 13.3 Å². The first-order chi connectivity index (χ1) is 30.5. The lowest BCUT2D eigenvalue weighted by molar-refractivity contribution is -0.155. The third-order valence-electron chi connectivity index (χ3n) is 13.1. The second kappa shape index (κ2) is 17.7. The van der Waals surface area contributed by atoms with Gasteiger partial charge >= 0.3 is 18.0 Å². The van der Waals surface area contributed by atoms with Gasteiger partial charge in [-0.2, -0.15) is 0 Å². The van der Waals surface area contributed by atoms with Gasteiger partial charge in [-0.1, -0.05) is 33.8 Å². The number of cyclic esters (lactones) is 1. The van der Waals surface area contributed by atoms with Crippen LogP contribution in [-0.4, -0.2) is 126 Å². The number of ether oxygens (including phenoxy) is 2. The molecule has 18 heteroatoms. The molecule has 7 heterocycles. The summed E-state index contributed by atoms with van der Waals surface area (Å²) in [7, 11) is 3.19. The number of hydrogen-bond donors (Lipinski definition) is 3. The minimum absolute atomic E-state index is 0.135. The number of thiazole rings is 1. The molecule has 3 N–H and O–H groups in total. The first-order valence-electron chi connectivity index (χ1n) is 22.1. The lowest BCUT2D eigenvalue weighted by Crippen LogP contribution is -2.62. The molecule has 64 heavy (non-hydrogen) atoms. The predicted molar refractivity (Wildman–Crippen MR) is 244 cm³/mol. The van der Waals surface area contributed by atoms with Crippen molar-refractivity contribution in [3.05, 3.63) is 58.2 Å². The Balaban J connectivity index is 1.17. The molecule has 4 aliphatic heterocycles. The number of carboxylic acids is 1. The number of esters is 1. The number of nitrogens with one attached hydrogen (secondary N) is 2. The average Bonchev–Trinajstić information content (AvgIpc) is 3.56. The van der Waals surface area contributed by atoms with Crippen LogP contribution in [0.4, 0.5) is 4.79 Å². The van der Waals surface area contributed by atoms with Crippen molar-refractivity contribution in [2.45, 2.75) is 115 Å². The summed E-state index contributed by atoms with van der Waals surface area (Å²) >= 11 is 2.76. The number of hydrogen-bond acceptors (Lipinski definition) is 12. The Labute approximate surface area is 381 Å². The van der Waals surface area contributed by atoms with Crippen molar-refractivity contribution in [2.24, 2.45) is 11.3 Å². The van der Waals surface area contributed by atoms with Crippen molar-refractivity contribution in [1.29, 1.82) is 0 Å². The number of carbonyl (C=O) groups excluding carboxylic acids is 4. The molecule has 4 amide bonds. The lowest BCUT2D eigenvalue weighted by Gasteiger charge is -2.42. The van der Waals surface area contributed by atoms with Gasteiger partial charge in [0.1, 0.15) is 28.2 Å². The van der Waals surface area contributed by atoms with Gasteiger partial charge in [-0.25, -0.2) is 20.0 Å². The van der Waals surface area contributed by atoms with E-state index in [4.69, 9.17) is 19.4 Å². The second-order valence-corrected chi connectivity index (χ2v) is 20.8. The summed E-state index contributed by atoms with van der Waals surface area (Å²) in [5, 5.41) is 17.2. The first kappa shape index (κ1) is 45.5. The van der Waals surface area contributed by atoms with E-state index in [1.165, 1.54) is 45.0 Å². The van der Waals surface area contributed by atoms with Gasteiger partial charge in [-0.05, 0) is 75.3 Å². The number of benzene rings is 1. The molecule has 0 radical (unpaired) electrons. The number of hydrazine groups is 1. The van der Waals surface area contributed by atoms with Gasteiger partial charge in [0.25, 0.3) is 5.91 Å². The van der Waals surface area contributed by atoms with E-state index < -0.39 is 57.5 Å². The van der Waals surface area contributed by atoms with E-state index in [-0.39, 0.29) is 37.5 Å². The Morgan fingerprint density at radius 1 is 1.12 bits per heavy atom. The maximum Gasteiger partial charge on any atom is 0.326 e. The summed E-state index contributed by atoms with van der Waals surface area (Å²) in [5.74, 6) is -2.60. The standard InChI is InChI=1S/C46H58N8O8S2/c1-9-52-33-15-14-27-20-29(33)30(38(52)28-12-10-17-47-36(28)26(4)61-8)21-45(5,6)24-62-41(58)31-13-11-18-54(50-31)43(59)46(22-35-48-32(27)23-63-35)42(64-46)49-39(55)37(25(2)3)51(7)44(60)53-19-16-34(53)40(56)57/h10,12,14-15,17,20,23,25-26,31,34,37,42,50H,9,11,13,16,18-19,21-22,24H2,1-8H3,(H,49,55)(H,56,57)/t26-,31-,34?,37?,42?,46-/m0/s1. The fourth-order valence-electron chi connectivity index (χ4n) is 9.46. The number of carbonyl (C=O) groups is 5. The molecule has 3 aromatic heterocycles. The van der Waals surface area contributed by atoms with E-state index in [0.717, 1.165) is 44.7 Å². The zero-order valence-electron chi connectivity index (χ0n) is 37.7. The number of urea groups is 1. The molecule has 6 bridgehead atoms. The van der Waals surface area contributed by atoms with Gasteiger partial charge in [0, 0.05) is 79.2 Å². The van der Waals surface area contributed by atoms with E-state index in [9.17, 15) is 29.1 Å². The number of aliphatic carboxylic acids is 1. The third-order valence-corrected chi connectivity index (χ3v) is 15.4. The minimum atomic E-state index is -1.17. The fourth-order valence-corrected chi connectivity index (χ4v) is 11.6. The average molecular weight is 915 g/mol. The molecular formula is C46H58N8O8S2. The van der Waals surface area contributed by atoms with Gasteiger partial charge in [0.05, 0.1) is 34.8 Å². The highest BCUT2D eigenvalue weighted by atomic mass is 32.2. The van der Waals surface area contributed by atoms with Gasteiger partial charge in [-0.15, -0.1) is 23.1 Å². The number of likely N-dealkylation sites (tertiary alicyclic amines) is 1. The summed E-state index contributed by atoms with van der Waals surface area (Å²) in [6, 6.07) is 7.25. The van der Waals surface area contributed by atoms with Crippen LogP contribution < -0.4 is 10.7 Å². The van der Waals surface area contributed by atoms with Crippen molar-refractivity contribution in [2.75, 3.05) is 33.9 Å². The van der Waals surface area contributed by atoms with Crippen LogP contribution >= 0.6 is 23.1 Å². The molecular weight excluding hydrogens is 857 g/mol. The highest BCUT2D eigenvalue weighted by Crippen LogP contribution is 2.56. The topological polar surface area (TPSA) is 189 Å². The van der Waals surface area contributed by atoms with E-state index in [0.29, 0.717) is 43.8 Å². The summed E-state index contributed by atoms with van der Waals surface area (Å²) in [6.07, 6.45) is 3.70. The largest absolute Gasteiger partial charge is 0.480 e. The van der Waals surface area contributed by atoms with Gasteiger partial charge in [0.15, 0.2) is 0 Å². The van der Waals surface area contributed by atoms with Gasteiger partial charge in [-0.3, -0.25) is 24.4 Å². The highest BCUT2D eigenvalue weighted by Gasteiger charge is 2.65. The molecule has 0 aliphatic carbocycles. The summed E-state index contributed by atoms with van der Waals surface area (Å²) < 4.78 is 13.1. The number of aromatic nitrogens is 3. The molecule has 16 nitrogen and oxygen atoms in total. The second-order valence-electron chi connectivity index (χ2n) is 18.5. The number of aryl methyl sites for hydroxylation is 1. The molecule has 8 rings (SSSR count). The van der Waals surface area contributed by atoms with Crippen LogP contribution in [0.25, 0.3) is 33.4 Å². The Hall–Kier alpha value is -5.04. The molecule has 1 aromatic carbocycles. The molecule has 4 aromatic rings. The van der Waals surface area contributed by atoms with Crippen molar-refractivity contribution < 1.29 is 38.6 Å². The number of pyridine rings is 1. The number of carboxylic acid groups (broad SMARTS) is 1. The third kappa shape index (κ3) is 8.37. The molecule has 4 aliphatic rings. The highest BCUT2D eigenvalue weighted by molar-refractivity contribution is 8.09. The first-order valence-corrected chi connectivity index (χ1v) is 23.8. The quantitative estimate of drug-likeness (QED) is 0.134. The predicted octanol–water partition coefficient (Wildman–Crippen LogP) is 5.88. The van der Waals surface area contributed by atoms with Gasteiger partial charge in [0.2, 0.25) is 5.91 Å². The number of methoxy groups -OCH3 is 1. The maximum atomic E-state index is 14.8. The van der Waals surface area contributed by atoms with Crippen molar-refractivity contribution in [3.8, 4) is 22.5 Å². The number of amides is 4. The summed E-state index contributed by atoms with van der Waals surface area (Å²) in [4.78, 5) is 80.6. The molecule has 342 valence electrons. The van der Waals surface area contributed by atoms with E-state index >= 15 is 0 Å². The Morgan fingerprint density at radius 3 is 2.59 bits per heavy atom. The maximum absolute atomic E-state index is 14.8. The Bertz CT molecular complexity index is 2490. The normalized spacial score (nSPS) is 24.2. The van der Waals surface area contributed by atoms with E-state index in [2.05, 4.69) is 60.3 Å². The zero-order chi connectivity index (χ0) is 45.8. The van der Waals surface area contributed by atoms with Crippen LogP contribution in [0.5, 0.6) is 0 Å². The molecule has 6 atom stereocenters. The number of rotatable bonds is 9. The number of nitrogens with zero attached hydrogens (tertiary/aromatic N) is 6. The number of fused-ring (bicyclic) bond motifs is 6. The monoisotopic (exact) mass is 914 g/mol. The van der Waals surface area contributed by atoms with Crippen molar-refractivity contribution in [1.82, 2.24) is 40.1 Å². The molecule has 3 fully saturated rings. The molecule has 3 unspecified atom stereocenters. The number of likely N-dealkylation sites (N-methyl/N-ethyl adjacent to an activating group) is 1. The molecule has 1 spiro atoms. The zero-order valence-corrected chi connectivity index (χ0v) is 39.3. The van der Waals surface area contributed by atoms with Crippen LogP contribution in [0.2, 0.25) is 0 Å². The Morgan fingerprint density at radius 2 is 1.91 bits per heavy atom. The van der Waals surface area contributed by atoms with Crippen LogP contribution in [0, 0.1) is 11.3 Å². The fraction of sp³-hybridized carbons (Fsp3) is 0.543. The molecule has 3 saturated heterocycles. The number of thioether (sulfide) groups is 1. The summed E-state index contributed by atoms with van der Waals surface area (Å²) in [5.41, 5.74) is 9.36. The smallest absolute Gasteiger partial charge is 0.326 e. The van der Waals surface area contributed by atoms with E-state index in [1.807, 2.05) is 32.2 Å². The summed E-state index contributed by atoms with van der Waals surface area (Å²) in [6.45, 7) is 13.4. The van der Waals surface area contributed by atoms with Crippen molar-refractivity contribution >= 4 is 63.8 Å². The minimum Gasteiger partial charge on any atom is -0.480 e. The SMILES string of the molecule is CCn1c(-c2cccnc2[C@H](C)OC)c2c3cc(ccc31)-c1csc(n1)C[C@@]1(SC1NC(=O)C(C(C)C)N(C)C(=O)N1CCC1C(=O)O)C(=O)N1CCC[C@H](N1)C(=O)OCC(C)(C)C2. The lowest BCUT2D eigenvalue weighted by atomic mass is 9.84. The van der Waals surface area contributed by atoms with Crippen LogP contribution in [0.1, 0.15) is 83.2 Å². The van der Waals surface area contributed by atoms with Crippen LogP contribution in [-0.2, 0) is 48.0 Å².